The van der Waals surface area contributed by atoms with Gasteiger partial charge >= 0.3 is 0 Å². The largest absolute Gasteiger partial charge is 0.459 e. The van der Waals surface area contributed by atoms with Gasteiger partial charge in [-0.25, -0.2) is 4.98 Å². The van der Waals surface area contributed by atoms with Gasteiger partial charge < -0.3 is 14.7 Å². The molecular weight excluding hydrogens is 314 g/mol. The second-order valence-corrected chi connectivity index (χ2v) is 5.83. The molecule has 25 heavy (non-hydrogen) atoms. The molecule has 2 N–H and O–H groups in total. The van der Waals surface area contributed by atoms with Gasteiger partial charge in [0.05, 0.1) is 23.3 Å². The molecule has 124 valence electrons. The van der Waals surface area contributed by atoms with E-state index in [1.165, 1.54) is 6.26 Å². The number of H-pyrrole nitrogens is 1. The van der Waals surface area contributed by atoms with E-state index in [0.29, 0.717) is 6.42 Å². The Morgan fingerprint density at radius 3 is 2.60 bits per heavy atom. The molecule has 4 rings (SSSR count). The number of rotatable bonds is 5. The summed E-state index contributed by atoms with van der Waals surface area (Å²) in [5, 5.41) is 3.02. The van der Waals surface area contributed by atoms with Crippen molar-refractivity contribution >= 4 is 16.9 Å². The first-order valence-corrected chi connectivity index (χ1v) is 8.12. The van der Waals surface area contributed by atoms with E-state index >= 15 is 0 Å². The van der Waals surface area contributed by atoms with E-state index in [0.717, 1.165) is 22.4 Å². The Balaban J connectivity index is 1.66. The number of carbonyl (C=O) groups excluding carboxylic acids is 1. The summed E-state index contributed by atoms with van der Waals surface area (Å²) >= 11 is 0. The summed E-state index contributed by atoms with van der Waals surface area (Å²) in [6.07, 6.45) is 2.12. The Morgan fingerprint density at radius 2 is 1.84 bits per heavy atom. The van der Waals surface area contributed by atoms with Gasteiger partial charge in [0.15, 0.2) is 5.76 Å². The minimum absolute atomic E-state index is 0.258. The summed E-state index contributed by atoms with van der Waals surface area (Å²) in [5.41, 5.74) is 2.94. The number of amides is 1. The highest BCUT2D eigenvalue weighted by Gasteiger charge is 2.21. The van der Waals surface area contributed by atoms with Gasteiger partial charge in [-0.15, -0.1) is 0 Å². The van der Waals surface area contributed by atoms with Crippen LogP contribution >= 0.6 is 0 Å². The van der Waals surface area contributed by atoms with Crippen LogP contribution in [0.25, 0.3) is 11.0 Å². The number of para-hydroxylation sites is 2. The molecule has 5 heteroatoms. The molecule has 0 saturated heterocycles. The second-order valence-electron chi connectivity index (χ2n) is 5.83. The number of furan rings is 1. The van der Waals surface area contributed by atoms with Crippen LogP contribution in [-0.4, -0.2) is 15.9 Å². The quantitative estimate of drug-likeness (QED) is 0.583. The van der Waals surface area contributed by atoms with Crippen LogP contribution in [0.1, 0.15) is 28.0 Å². The Bertz CT molecular complexity index is 942. The molecule has 4 aromatic rings. The van der Waals surface area contributed by atoms with Gasteiger partial charge in [0.25, 0.3) is 5.91 Å². The van der Waals surface area contributed by atoms with E-state index in [9.17, 15) is 4.79 Å². The fourth-order valence-corrected chi connectivity index (χ4v) is 2.84. The Labute approximate surface area is 144 Å². The van der Waals surface area contributed by atoms with Crippen LogP contribution in [0.2, 0.25) is 0 Å². The first kappa shape index (κ1) is 15.2. The molecule has 0 aliphatic rings. The van der Waals surface area contributed by atoms with Crippen LogP contribution in [0, 0.1) is 0 Å². The lowest BCUT2D eigenvalue weighted by Gasteiger charge is -2.16. The third-order valence-electron chi connectivity index (χ3n) is 4.07. The van der Waals surface area contributed by atoms with Crippen molar-refractivity contribution in [2.24, 2.45) is 0 Å². The fraction of sp³-hybridized carbons (Fsp3) is 0.100. The zero-order valence-electron chi connectivity index (χ0n) is 13.5. The number of aromatic nitrogens is 2. The molecule has 1 atom stereocenters. The summed E-state index contributed by atoms with van der Waals surface area (Å²) in [6.45, 7) is 0. The zero-order chi connectivity index (χ0) is 17.1. The molecule has 0 spiro atoms. The fourth-order valence-electron chi connectivity index (χ4n) is 2.84. The van der Waals surface area contributed by atoms with Crippen molar-refractivity contribution in [2.45, 2.75) is 12.5 Å². The number of nitrogens with zero attached hydrogens (tertiary/aromatic N) is 1. The number of carbonyl (C=O) groups is 1. The van der Waals surface area contributed by atoms with Crippen molar-refractivity contribution in [1.82, 2.24) is 15.3 Å². The number of imidazole rings is 1. The van der Waals surface area contributed by atoms with Gasteiger partial charge in [0.2, 0.25) is 0 Å². The van der Waals surface area contributed by atoms with Crippen LogP contribution in [0.3, 0.4) is 0 Å². The van der Waals surface area contributed by atoms with E-state index in [4.69, 9.17) is 4.42 Å². The summed E-state index contributed by atoms with van der Waals surface area (Å²) in [6, 6.07) is 20.9. The van der Waals surface area contributed by atoms with Gasteiger partial charge in [-0.05, 0) is 36.2 Å². The molecule has 2 aromatic carbocycles. The summed E-state index contributed by atoms with van der Waals surface area (Å²) < 4.78 is 5.20. The normalized spacial score (nSPS) is 12.2. The van der Waals surface area contributed by atoms with Crippen molar-refractivity contribution in [2.75, 3.05) is 0 Å². The Morgan fingerprint density at radius 1 is 1.04 bits per heavy atom. The summed E-state index contributed by atoms with van der Waals surface area (Å²) in [4.78, 5) is 20.4. The van der Waals surface area contributed by atoms with Crippen molar-refractivity contribution in [3.8, 4) is 0 Å². The first-order valence-electron chi connectivity index (χ1n) is 8.12. The highest BCUT2D eigenvalue weighted by molar-refractivity contribution is 5.91. The van der Waals surface area contributed by atoms with Crippen molar-refractivity contribution < 1.29 is 9.21 Å². The maximum absolute atomic E-state index is 12.4. The van der Waals surface area contributed by atoms with Gasteiger partial charge in [0, 0.05) is 0 Å². The predicted octanol–water partition coefficient (Wildman–Crippen LogP) is 3.87. The molecule has 0 aliphatic heterocycles. The maximum Gasteiger partial charge on any atom is 0.287 e. The molecule has 0 bridgehead atoms. The van der Waals surface area contributed by atoms with E-state index in [2.05, 4.69) is 15.3 Å². The van der Waals surface area contributed by atoms with Crippen molar-refractivity contribution in [3.05, 3.63) is 90.1 Å². The molecule has 0 fully saturated rings. The maximum atomic E-state index is 12.4. The van der Waals surface area contributed by atoms with Gasteiger partial charge in [-0.2, -0.15) is 0 Å². The van der Waals surface area contributed by atoms with Crippen LogP contribution in [0.4, 0.5) is 0 Å². The highest BCUT2D eigenvalue weighted by atomic mass is 16.3. The predicted molar refractivity (Wildman–Crippen MR) is 95.2 cm³/mol. The molecule has 5 nitrogen and oxygen atoms in total. The van der Waals surface area contributed by atoms with Crippen molar-refractivity contribution in [1.29, 1.82) is 0 Å². The number of hydrogen-bond donors (Lipinski definition) is 2. The third-order valence-corrected chi connectivity index (χ3v) is 4.07. The number of fused-ring (bicyclic) bond motifs is 1. The minimum Gasteiger partial charge on any atom is -0.459 e. The third kappa shape index (κ3) is 3.30. The average molecular weight is 331 g/mol. The van der Waals surface area contributed by atoms with E-state index in [-0.39, 0.29) is 17.7 Å². The van der Waals surface area contributed by atoms with E-state index in [1.807, 2.05) is 54.6 Å². The number of benzene rings is 2. The molecule has 2 aromatic heterocycles. The van der Waals surface area contributed by atoms with Crippen LogP contribution < -0.4 is 5.32 Å². The molecule has 1 amide bonds. The van der Waals surface area contributed by atoms with Crippen LogP contribution in [-0.2, 0) is 6.42 Å². The smallest absolute Gasteiger partial charge is 0.287 e. The summed E-state index contributed by atoms with van der Waals surface area (Å²) in [5.74, 6) is 0.755. The Hall–Kier alpha value is -3.34. The summed E-state index contributed by atoms with van der Waals surface area (Å²) in [7, 11) is 0. The molecule has 2 heterocycles. The van der Waals surface area contributed by atoms with Gasteiger partial charge in [-0.3, -0.25) is 4.79 Å². The zero-order valence-corrected chi connectivity index (χ0v) is 13.5. The lowest BCUT2D eigenvalue weighted by molar-refractivity contribution is 0.0907. The highest BCUT2D eigenvalue weighted by Crippen LogP contribution is 2.20. The minimum atomic E-state index is -0.285. The van der Waals surface area contributed by atoms with Gasteiger partial charge in [0.1, 0.15) is 5.82 Å². The number of aromatic amines is 1. The molecule has 1 unspecified atom stereocenters. The topological polar surface area (TPSA) is 70.9 Å². The van der Waals surface area contributed by atoms with E-state index < -0.39 is 0 Å². The van der Waals surface area contributed by atoms with E-state index in [1.54, 1.807) is 12.1 Å². The lowest BCUT2D eigenvalue weighted by atomic mass is 10.1. The molecule has 0 radical (unpaired) electrons. The van der Waals surface area contributed by atoms with Gasteiger partial charge in [-0.1, -0.05) is 42.5 Å². The standard InChI is InChI=1S/C20H17N3O2/c24-20(18-11-6-12-25-18)23-17(13-14-7-2-1-3-8-14)19-21-15-9-4-5-10-16(15)22-19/h1-12,17H,13H2,(H,21,22)(H,23,24). The lowest BCUT2D eigenvalue weighted by Crippen LogP contribution is -2.30. The Kier molecular flexibility index (Phi) is 4.04. The molecule has 0 aliphatic carbocycles. The monoisotopic (exact) mass is 331 g/mol. The SMILES string of the molecule is O=C(NC(Cc1ccccc1)c1nc2ccccc2[nH]1)c1ccco1. The number of hydrogen-bond acceptors (Lipinski definition) is 3. The number of nitrogens with one attached hydrogen (secondary N) is 2. The van der Waals surface area contributed by atoms with Crippen molar-refractivity contribution in [3.63, 3.8) is 0 Å². The first-order chi connectivity index (χ1) is 12.3. The van der Waals surface area contributed by atoms with Crippen LogP contribution in [0.15, 0.2) is 77.4 Å². The second kappa shape index (κ2) is 6.65. The molecule has 0 saturated carbocycles. The average Bonchev–Trinajstić information content (AvgIpc) is 3.31. The molecular formula is C20H17N3O2. The van der Waals surface area contributed by atoms with Crippen LogP contribution in [0.5, 0.6) is 0 Å².